The van der Waals surface area contributed by atoms with E-state index in [0.29, 0.717) is 19.5 Å². The topological polar surface area (TPSA) is 92.8 Å². The summed E-state index contributed by atoms with van der Waals surface area (Å²) in [6.45, 7) is 6.53. The van der Waals surface area contributed by atoms with Crippen molar-refractivity contribution in [3.8, 4) is 0 Å². The number of rotatable bonds is 4. The highest BCUT2D eigenvalue weighted by molar-refractivity contribution is 7.91. The first-order valence-electron chi connectivity index (χ1n) is 9.02. The molecule has 144 valence electrons. The number of amides is 2. The van der Waals surface area contributed by atoms with Crippen molar-refractivity contribution in [2.24, 2.45) is 5.92 Å². The molecule has 0 spiro atoms. The number of carbonyl (C=O) groups excluding carboxylic acids is 2. The summed E-state index contributed by atoms with van der Waals surface area (Å²) in [5.41, 5.74) is -0.545. The molecule has 2 aliphatic heterocycles. The van der Waals surface area contributed by atoms with Gasteiger partial charge >= 0.3 is 6.09 Å². The number of sulfone groups is 1. The van der Waals surface area contributed by atoms with Gasteiger partial charge in [-0.15, -0.1) is 0 Å². The van der Waals surface area contributed by atoms with Gasteiger partial charge < -0.3 is 15.0 Å². The highest BCUT2D eigenvalue weighted by Crippen LogP contribution is 2.22. The summed E-state index contributed by atoms with van der Waals surface area (Å²) in [5, 5.41) is 2.87. The summed E-state index contributed by atoms with van der Waals surface area (Å²) in [6, 6.07) is -0.0696. The summed E-state index contributed by atoms with van der Waals surface area (Å²) in [6.07, 6.45) is 3.23. The first-order valence-corrected chi connectivity index (χ1v) is 10.8. The maximum atomic E-state index is 12.3. The van der Waals surface area contributed by atoms with E-state index in [4.69, 9.17) is 4.74 Å². The Morgan fingerprint density at radius 2 is 1.92 bits per heavy atom. The van der Waals surface area contributed by atoms with Crippen LogP contribution in [-0.4, -0.2) is 61.6 Å². The van der Waals surface area contributed by atoms with Gasteiger partial charge in [0, 0.05) is 19.5 Å². The minimum absolute atomic E-state index is 0.0696. The van der Waals surface area contributed by atoms with E-state index in [1.807, 2.05) is 20.8 Å². The zero-order valence-electron chi connectivity index (χ0n) is 15.4. The normalized spacial score (nSPS) is 26.3. The van der Waals surface area contributed by atoms with Crippen molar-refractivity contribution in [1.82, 2.24) is 10.2 Å². The molecule has 7 nitrogen and oxygen atoms in total. The van der Waals surface area contributed by atoms with Crippen LogP contribution in [0.3, 0.4) is 0 Å². The van der Waals surface area contributed by atoms with Gasteiger partial charge in [-0.1, -0.05) is 0 Å². The maximum absolute atomic E-state index is 12.3. The second-order valence-electron chi connectivity index (χ2n) is 8.10. The largest absolute Gasteiger partial charge is 0.444 e. The van der Waals surface area contributed by atoms with E-state index in [-0.39, 0.29) is 41.9 Å². The first kappa shape index (κ1) is 20.0. The zero-order chi connectivity index (χ0) is 18.7. The van der Waals surface area contributed by atoms with E-state index in [1.54, 1.807) is 4.90 Å². The van der Waals surface area contributed by atoms with Crippen LogP contribution in [0.15, 0.2) is 0 Å². The summed E-state index contributed by atoms with van der Waals surface area (Å²) in [7, 11) is -2.96. The van der Waals surface area contributed by atoms with Crippen LogP contribution in [0.4, 0.5) is 4.79 Å². The molecule has 2 fully saturated rings. The van der Waals surface area contributed by atoms with Gasteiger partial charge in [-0.3, -0.25) is 4.79 Å². The van der Waals surface area contributed by atoms with Crippen molar-refractivity contribution in [3.05, 3.63) is 0 Å². The maximum Gasteiger partial charge on any atom is 0.410 e. The number of hydrogen-bond acceptors (Lipinski definition) is 5. The molecule has 2 saturated heterocycles. The lowest BCUT2D eigenvalue weighted by molar-refractivity contribution is -0.122. The third-order valence-electron chi connectivity index (χ3n) is 4.59. The van der Waals surface area contributed by atoms with Crippen molar-refractivity contribution >= 4 is 21.8 Å². The highest BCUT2D eigenvalue weighted by atomic mass is 32.2. The summed E-state index contributed by atoms with van der Waals surface area (Å²) < 4.78 is 28.4. The van der Waals surface area contributed by atoms with Gasteiger partial charge in [0.1, 0.15) is 5.60 Å². The molecule has 2 amide bonds. The number of nitrogens with one attached hydrogen (secondary N) is 1. The molecule has 0 aromatic rings. The smallest absolute Gasteiger partial charge is 0.410 e. The van der Waals surface area contributed by atoms with E-state index in [1.165, 1.54) is 0 Å². The molecule has 2 atom stereocenters. The number of hydrogen-bond donors (Lipinski definition) is 1. The number of likely N-dealkylation sites (tertiary alicyclic amines) is 1. The Bertz CT molecular complexity index is 597. The van der Waals surface area contributed by atoms with Crippen LogP contribution in [0.5, 0.6) is 0 Å². The molecular weight excluding hydrogens is 344 g/mol. The molecule has 2 aliphatic rings. The summed E-state index contributed by atoms with van der Waals surface area (Å²) in [4.78, 5) is 26.2. The molecule has 8 heteroatoms. The standard InChI is InChI=1S/C17H30N2O5S/c1-17(2,3)24-16(21)19-8-5-4-6-14(19)11-18-15(20)10-13-7-9-25(22,23)12-13/h13-14H,4-12H2,1-3H3,(H,18,20)/t13-,14+/m1/s1. The fraction of sp³-hybridized carbons (Fsp3) is 0.882. The van der Waals surface area contributed by atoms with E-state index in [2.05, 4.69) is 5.32 Å². The van der Waals surface area contributed by atoms with E-state index in [9.17, 15) is 18.0 Å². The van der Waals surface area contributed by atoms with Gasteiger partial charge in [0.25, 0.3) is 0 Å². The molecular formula is C17H30N2O5S. The summed E-state index contributed by atoms with van der Waals surface area (Å²) in [5.74, 6) is 0.0589. The third-order valence-corrected chi connectivity index (χ3v) is 6.43. The quantitative estimate of drug-likeness (QED) is 0.809. The van der Waals surface area contributed by atoms with Crippen molar-refractivity contribution in [3.63, 3.8) is 0 Å². The van der Waals surface area contributed by atoms with Gasteiger partial charge in [0.05, 0.1) is 17.5 Å². The number of nitrogens with zero attached hydrogens (tertiary/aromatic N) is 1. The van der Waals surface area contributed by atoms with Crippen LogP contribution in [0.2, 0.25) is 0 Å². The van der Waals surface area contributed by atoms with Crippen LogP contribution < -0.4 is 5.32 Å². The van der Waals surface area contributed by atoms with Gasteiger partial charge in [-0.25, -0.2) is 13.2 Å². The molecule has 0 unspecified atom stereocenters. The molecule has 25 heavy (non-hydrogen) atoms. The Hall–Kier alpha value is -1.31. The van der Waals surface area contributed by atoms with Crippen LogP contribution in [0.25, 0.3) is 0 Å². The molecule has 0 radical (unpaired) electrons. The van der Waals surface area contributed by atoms with E-state index >= 15 is 0 Å². The lowest BCUT2D eigenvalue weighted by Gasteiger charge is -2.36. The van der Waals surface area contributed by atoms with E-state index in [0.717, 1.165) is 19.3 Å². The van der Waals surface area contributed by atoms with Gasteiger partial charge in [0.15, 0.2) is 9.84 Å². The van der Waals surface area contributed by atoms with Gasteiger partial charge in [-0.05, 0) is 52.4 Å². The second-order valence-corrected chi connectivity index (χ2v) is 10.3. The van der Waals surface area contributed by atoms with Crippen LogP contribution >= 0.6 is 0 Å². The number of ether oxygens (including phenoxy) is 1. The van der Waals surface area contributed by atoms with E-state index < -0.39 is 15.4 Å². The lowest BCUT2D eigenvalue weighted by atomic mass is 10.0. The molecule has 0 aromatic heterocycles. The van der Waals surface area contributed by atoms with Crippen LogP contribution in [0, 0.1) is 5.92 Å². The van der Waals surface area contributed by atoms with Crippen LogP contribution in [0.1, 0.15) is 52.9 Å². The van der Waals surface area contributed by atoms with Crippen molar-refractivity contribution in [2.75, 3.05) is 24.6 Å². The highest BCUT2D eigenvalue weighted by Gasteiger charge is 2.32. The summed E-state index contributed by atoms with van der Waals surface area (Å²) >= 11 is 0. The lowest BCUT2D eigenvalue weighted by Crippen LogP contribution is -2.50. The molecule has 1 N–H and O–H groups in total. The molecule has 0 aliphatic carbocycles. The van der Waals surface area contributed by atoms with Gasteiger partial charge in [-0.2, -0.15) is 0 Å². The Kier molecular flexibility index (Phi) is 6.35. The number of piperidine rings is 1. The Morgan fingerprint density at radius 3 is 2.52 bits per heavy atom. The predicted octanol–water partition coefficient (Wildman–Crippen LogP) is 1.72. The number of carbonyl (C=O) groups is 2. The Balaban J connectivity index is 1.82. The van der Waals surface area contributed by atoms with Crippen molar-refractivity contribution < 1.29 is 22.7 Å². The monoisotopic (exact) mass is 374 g/mol. The van der Waals surface area contributed by atoms with Crippen LogP contribution in [-0.2, 0) is 19.4 Å². The minimum atomic E-state index is -2.96. The third kappa shape index (κ3) is 6.49. The Labute approximate surface area is 150 Å². The second kappa shape index (κ2) is 7.93. The fourth-order valence-corrected chi connectivity index (χ4v) is 5.23. The van der Waals surface area contributed by atoms with Crippen molar-refractivity contribution in [2.45, 2.75) is 64.5 Å². The average molecular weight is 375 g/mol. The predicted molar refractivity (Wildman–Crippen MR) is 95.0 cm³/mol. The Morgan fingerprint density at radius 1 is 1.20 bits per heavy atom. The molecule has 2 heterocycles. The minimum Gasteiger partial charge on any atom is -0.444 e. The zero-order valence-corrected chi connectivity index (χ0v) is 16.2. The fourth-order valence-electron chi connectivity index (χ4n) is 3.37. The molecule has 2 rings (SSSR count). The molecule has 0 saturated carbocycles. The average Bonchev–Trinajstić information content (AvgIpc) is 2.82. The SMILES string of the molecule is CC(C)(C)OC(=O)N1CCCC[C@H]1CNC(=O)C[C@H]1CCS(=O)(=O)C1. The molecule has 0 aromatic carbocycles. The first-order chi connectivity index (χ1) is 11.6. The molecule has 0 bridgehead atoms. The van der Waals surface area contributed by atoms with Crippen molar-refractivity contribution in [1.29, 1.82) is 0 Å². The van der Waals surface area contributed by atoms with Gasteiger partial charge in [0.2, 0.25) is 5.91 Å².